The smallest absolute Gasteiger partial charge is 0.748 e. The average Bonchev–Trinajstić information content (AvgIpc) is 1.57. The molecule has 0 saturated carbocycles. The van der Waals surface area contributed by atoms with Crippen molar-refractivity contribution in [3.8, 4) is 0 Å². The summed E-state index contributed by atoms with van der Waals surface area (Å²) < 4.78 is 29.4. The van der Waals surface area contributed by atoms with Gasteiger partial charge < -0.3 is 19.9 Å². The van der Waals surface area contributed by atoms with Gasteiger partial charge in [-0.3, -0.25) is 0 Å². The molecule has 0 aliphatic heterocycles. The van der Waals surface area contributed by atoms with Crippen molar-refractivity contribution < 1.29 is 57.8 Å². The van der Waals surface area contributed by atoms with Crippen molar-refractivity contribution in [1.29, 1.82) is 0 Å². The summed E-state index contributed by atoms with van der Waals surface area (Å²) >= 11 is 0. The third-order valence-corrected chi connectivity index (χ3v) is 1.39. The molecule has 0 heterocycles. The Bertz CT molecular complexity index is 190. The van der Waals surface area contributed by atoms with Crippen LogP contribution >= 0.6 is 0 Å². The predicted octanol–water partition coefficient (Wildman–Crippen LogP) is -5.44. The van der Waals surface area contributed by atoms with E-state index in [1.807, 2.05) is 0 Å². The zero-order valence-electron chi connectivity index (χ0n) is 5.89. The maximum Gasteiger partial charge on any atom is 1.00 e. The van der Waals surface area contributed by atoms with Crippen LogP contribution in [0.3, 0.4) is 0 Å². The fourth-order valence-electron chi connectivity index (χ4n) is 0.262. The van der Waals surface area contributed by atoms with Crippen LogP contribution in [-0.2, 0) is 10.1 Å². The van der Waals surface area contributed by atoms with Crippen molar-refractivity contribution in [3.63, 3.8) is 0 Å². The van der Waals surface area contributed by atoms with Gasteiger partial charge in [-0.05, 0) is 0 Å². The molecule has 0 amide bonds. The van der Waals surface area contributed by atoms with E-state index in [-0.39, 0.29) is 29.6 Å². The van der Waals surface area contributed by atoms with Gasteiger partial charge in [0.05, 0.1) is 10.1 Å². The number of aliphatic hydroxyl groups is 3. The molecule has 8 heteroatoms. The van der Waals surface area contributed by atoms with Gasteiger partial charge in [-0.15, -0.1) is 0 Å². The molecular formula is C3H7NaO6S. The summed E-state index contributed by atoms with van der Waals surface area (Å²) in [6, 6.07) is 0. The van der Waals surface area contributed by atoms with E-state index < -0.39 is 28.3 Å². The van der Waals surface area contributed by atoms with Crippen LogP contribution in [0.1, 0.15) is 6.42 Å². The van der Waals surface area contributed by atoms with E-state index in [4.69, 9.17) is 15.3 Å². The van der Waals surface area contributed by atoms with E-state index in [2.05, 4.69) is 0 Å². The molecule has 0 bridgehead atoms. The second-order valence-electron chi connectivity index (χ2n) is 1.79. The quantitative estimate of drug-likeness (QED) is 0.234. The Morgan fingerprint density at radius 2 is 1.64 bits per heavy atom. The van der Waals surface area contributed by atoms with E-state index in [1.54, 1.807) is 0 Å². The van der Waals surface area contributed by atoms with Crippen molar-refractivity contribution in [2.75, 3.05) is 5.75 Å². The van der Waals surface area contributed by atoms with Gasteiger partial charge in [0.2, 0.25) is 0 Å². The summed E-state index contributed by atoms with van der Waals surface area (Å²) in [7, 11) is -4.49. The Labute approximate surface area is 85.9 Å². The van der Waals surface area contributed by atoms with Crippen LogP contribution < -0.4 is 29.6 Å². The van der Waals surface area contributed by atoms with Crippen LogP contribution in [0.5, 0.6) is 0 Å². The van der Waals surface area contributed by atoms with Gasteiger partial charge in [0, 0.05) is 12.2 Å². The molecule has 6 nitrogen and oxygen atoms in total. The second-order valence-corrected chi connectivity index (χ2v) is 3.31. The molecule has 0 fully saturated rings. The Hall–Kier alpha value is 0.790. The molecule has 3 N–H and O–H groups in total. The van der Waals surface area contributed by atoms with E-state index >= 15 is 0 Å². The normalized spacial score (nSPS) is 12.4. The van der Waals surface area contributed by atoms with Gasteiger partial charge in [-0.1, -0.05) is 0 Å². The fourth-order valence-corrected chi connectivity index (χ4v) is 0.786. The standard InChI is InChI=1S/C3H8O6S.Na/c4-3(5,6)1-2-10(7,8)9;/h4-6H,1-2H2,(H,7,8,9);/q;+1/p-1. The van der Waals surface area contributed by atoms with Crippen molar-refractivity contribution in [2.24, 2.45) is 0 Å². The molecular weight excluding hydrogens is 187 g/mol. The van der Waals surface area contributed by atoms with Crippen LogP contribution in [0.25, 0.3) is 0 Å². The van der Waals surface area contributed by atoms with Crippen molar-refractivity contribution in [2.45, 2.75) is 12.4 Å². The summed E-state index contributed by atoms with van der Waals surface area (Å²) in [4.78, 5) is 0. The van der Waals surface area contributed by atoms with E-state index in [1.165, 1.54) is 0 Å². The molecule has 11 heavy (non-hydrogen) atoms. The van der Waals surface area contributed by atoms with E-state index in [0.717, 1.165) is 0 Å². The minimum Gasteiger partial charge on any atom is -0.748 e. The van der Waals surface area contributed by atoms with Gasteiger partial charge in [-0.2, -0.15) is 0 Å². The number of hydrogen-bond acceptors (Lipinski definition) is 6. The summed E-state index contributed by atoms with van der Waals surface area (Å²) in [6.45, 7) is 0. The van der Waals surface area contributed by atoms with Crippen molar-refractivity contribution in [3.05, 3.63) is 0 Å². The largest absolute Gasteiger partial charge is 1.00 e. The first kappa shape index (κ1) is 14.3. The minimum atomic E-state index is -4.49. The number of hydrogen-bond donors (Lipinski definition) is 3. The average molecular weight is 194 g/mol. The van der Waals surface area contributed by atoms with Gasteiger partial charge in [-0.25, -0.2) is 8.42 Å². The molecule has 0 atom stereocenters. The maximum absolute atomic E-state index is 9.79. The molecule has 0 aromatic heterocycles. The van der Waals surface area contributed by atoms with Gasteiger partial charge >= 0.3 is 29.6 Å². The SMILES string of the molecule is O=S(=O)([O-])CCC(O)(O)O.[Na+]. The first-order chi connectivity index (χ1) is 4.21. The van der Waals surface area contributed by atoms with Crippen LogP contribution in [0.4, 0.5) is 0 Å². The van der Waals surface area contributed by atoms with Gasteiger partial charge in [0.25, 0.3) is 5.97 Å². The Morgan fingerprint density at radius 3 is 1.73 bits per heavy atom. The molecule has 62 valence electrons. The zero-order valence-corrected chi connectivity index (χ0v) is 8.71. The molecule has 0 aliphatic rings. The molecule has 0 radical (unpaired) electrons. The Kier molecular flexibility index (Phi) is 6.16. The Balaban J connectivity index is 0. The first-order valence-electron chi connectivity index (χ1n) is 2.31. The molecule has 0 unspecified atom stereocenters. The molecule has 0 rings (SSSR count). The third kappa shape index (κ3) is 13.7. The van der Waals surface area contributed by atoms with Crippen LogP contribution in [0.2, 0.25) is 0 Å². The molecule has 0 aromatic carbocycles. The number of rotatable bonds is 3. The summed E-state index contributed by atoms with van der Waals surface area (Å²) in [5.74, 6) is -4.08. The maximum atomic E-state index is 9.79. The second kappa shape index (κ2) is 4.73. The Morgan fingerprint density at radius 1 is 1.27 bits per heavy atom. The summed E-state index contributed by atoms with van der Waals surface area (Å²) in [5, 5.41) is 24.3. The molecule has 0 saturated heterocycles. The monoisotopic (exact) mass is 194 g/mol. The van der Waals surface area contributed by atoms with Crippen LogP contribution in [0.15, 0.2) is 0 Å². The van der Waals surface area contributed by atoms with Crippen molar-refractivity contribution >= 4 is 10.1 Å². The van der Waals surface area contributed by atoms with Crippen LogP contribution in [-0.4, -0.2) is 40.0 Å². The van der Waals surface area contributed by atoms with E-state index in [0.29, 0.717) is 0 Å². The van der Waals surface area contributed by atoms with Gasteiger partial charge in [0.15, 0.2) is 0 Å². The first-order valence-corrected chi connectivity index (χ1v) is 3.89. The van der Waals surface area contributed by atoms with Crippen LogP contribution in [0, 0.1) is 0 Å². The molecule has 0 aromatic rings. The summed E-state index contributed by atoms with van der Waals surface area (Å²) in [6.07, 6.45) is -0.904. The topological polar surface area (TPSA) is 118 Å². The molecule has 0 aliphatic carbocycles. The molecule has 0 spiro atoms. The van der Waals surface area contributed by atoms with Gasteiger partial charge in [0.1, 0.15) is 0 Å². The van der Waals surface area contributed by atoms with Crippen molar-refractivity contribution in [1.82, 2.24) is 0 Å². The minimum absolute atomic E-state index is 0. The predicted molar refractivity (Wildman–Crippen MR) is 28.6 cm³/mol. The van der Waals surface area contributed by atoms with E-state index in [9.17, 15) is 13.0 Å². The fraction of sp³-hybridized carbons (Fsp3) is 1.00. The zero-order chi connectivity index (χ0) is 8.41. The summed E-state index contributed by atoms with van der Waals surface area (Å²) in [5.41, 5.74) is 0. The third-order valence-electron chi connectivity index (χ3n) is 0.687.